The van der Waals surface area contributed by atoms with E-state index in [2.05, 4.69) is 21.6 Å². The van der Waals surface area contributed by atoms with Gasteiger partial charge in [0.15, 0.2) is 5.03 Å². The molecule has 0 unspecified atom stereocenters. The standard InChI is InChI=1S/C25H30N6O4S/c1-16(2)35-22-10-7-18(15-27-22)20-9-8-19(24(28-20)31-13-11-17(3)12-14-31)25(32)30-36(33,34)23-6-4-5-21(26)29-23/h4-10,15-17H,11-14H2,1-3H3,(H2,26,29)(H,30,32). The number of hydrogen-bond acceptors (Lipinski definition) is 9. The number of nitrogens with two attached hydrogens (primary N) is 1. The lowest BCUT2D eigenvalue weighted by Gasteiger charge is -2.32. The Kier molecular flexibility index (Phi) is 7.39. The van der Waals surface area contributed by atoms with Crippen LogP contribution in [-0.4, -0.2) is 48.5 Å². The number of aromatic nitrogens is 3. The lowest BCUT2D eigenvalue weighted by atomic mass is 9.99. The monoisotopic (exact) mass is 510 g/mol. The molecule has 3 N–H and O–H groups in total. The van der Waals surface area contributed by atoms with Gasteiger partial charge in [-0.25, -0.2) is 19.7 Å². The van der Waals surface area contributed by atoms with Crippen molar-refractivity contribution in [3.8, 4) is 17.1 Å². The first-order valence-electron chi connectivity index (χ1n) is 11.8. The zero-order chi connectivity index (χ0) is 25.9. The molecule has 10 nitrogen and oxygen atoms in total. The van der Waals surface area contributed by atoms with E-state index in [4.69, 9.17) is 15.5 Å². The summed E-state index contributed by atoms with van der Waals surface area (Å²) in [5.41, 5.74) is 7.14. The van der Waals surface area contributed by atoms with E-state index >= 15 is 0 Å². The Hall–Kier alpha value is -3.73. The van der Waals surface area contributed by atoms with Crippen molar-refractivity contribution >= 4 is 27.6 Å². The molecule has 1 saturated heterocycles. The minimum atomic E-state index is -4.22. The molecular weight excluding hydrogens is 480 g/mol. The van der Waals surface area contributed by atoms with Gasteiger partial charge < -0.3 is 15.4 Å². The maximum Gasteiger partial charge on any atom is 0.281 e. The number of sulfonamides is 1. The molecule has 0 aliphatic carbocycles. The number of nitrogens with one attached hydrogen (secondary N) is 1. The molecule has 3 aromatic heterocycles. The van der Waals surface area contributed by atoms with Crippen molar-refractivity contribution in [3.05, 3.63) is 54.2 Å². The van der Waals surface area contributed by atoms with Gasteiger partial charge in [0, 0.05) is 30.9 Å². The third kappa shape index (κ3) is 5.91. The highest BCUT2D eigenvalue weighted by atomic mass is 32.2. The first-order valence-corrected chi connectivity index (χ1v) is 13.3. The molecule has 36 heavy (non-hydrogen) atoms. The molecule has 3 aromatic rings. The van der Waals surface area contributed by atoms with Crippen LogP contribution >= 0.6 is 0 Å². The van der Waals surface area contributed by atoms with E-state index < -0.39 is 15.9 Å². The van der Waals surface area contributed by atoms with Crippen LogP contribution in [0.3, 0.4) is 0 Å². The summed E-state index contributed by atoms with van der Waals surface area (Å²) in [5.74, 6) is 0.753. The average Bonchev–Trinajstić information content (AvgIpc) is 2.84. The molecule has 4 heterocycles. The van der Waals surface area contributed by atoms with Crippen molar-refractivity contribution in [2.45, 2.75) is 44.7 Å². The molecule has 0 saturated carbocycles. The van der Waals surface area contributed by atoms with Gasteiger partial charge in [0.2, 0.25) is 5.88 Å². The molecule has 0 bridgehead atoms. The van der Waals surface area contributed by atoms with Crippen molar-refractivity contribution in [2.75, 3.05) is 23.7 Å². The van der Waals surface area contributed by atoms with E-state index in [1.54, 1.807) is 24.4 Å². The molecule has 0 spiro atoms. The quantitative estimate of drug-likeness (QED) is 0.490. The third-order valence-electron chi connectivity index (χ3n) is 5.84. The Morgan fingerprint density at radius 2 is 1.86 bits per heavy atom. The number of anilines is 2. The normalized spacial score (nSPS) is 14.6. The Morgan fingerprint density at radius 3 is 2.50 bits per heavy atom. The van der Waals surface area contributed by atoms with Crippen LogP contribution < -0.4 is 20.1 Å². The van der Waals surface area contributed by atoms with Crippen molar-refractivity contribution in [1.82, 2.24) is 19.7 Å². The molecule has 0 atom stereocenters. The second kappa shape index (κ2) is 10.5. The number of nitrogens with zero attached hydrogens (tertiary/aromatic N) is 4. The van der Waals surface area contributed by atoms with Crippen LogP contribution in [0, 0.1) is 5.92 Å². The van der Waals surface area contributed by atoms with E-state index in [1.165, 1.54) is 18.2 Å². The third-order valence-corrected chi connectivity index (χ3v) is 7.07. The van der Waals surface area contributed by atoms with Gasteiger partial charge in [-0.15, -0.1) is 0 Å². The smallest absolute Gasteiger partial charge is 0.281 e. The van der Waals surface area contributed by atoms with Crippen molar-refractivity contribution in [3.63, 3.8) is 0 Å². The molecule has 190 valence electrons. The maximum absolute atomic E-state index is 13.2. The highest BCUT2D eigenvalue weighted by molar-refractivity contribution is 7.90. The highest BCUT2D eigenvalue weighted by Crippen LogP contribution is 2.29. The fraction of sp³-hybridized carbons (Fsp3) is 0.360. The Balaban J connectivity index is 1.67. The summed E-state index contributed by atoms with van der Waals surface area (Å²) in [4.78, 5) is 28.2. The minimum absolute atomic E-state index is 0.00572. The summed E-state index contributed by atoms with van der Waals surface area (Å²) in [6.45, 7) is 7.46. The van der Waals surface area contributed by atoms with Gasteiger partial charge in [-0.2, -0.15) is 8.42 Å². The average molecular weight is 511 g/mol. The van der Waals surface area contributed by atoms with Gasteiger partial charge in [0.25, 0.3) is 15.9 Å². The second-order valence-electron chi connectivity index (χ2n) is 9.12. The molecule has 0 aromatic carbocycles. The molecule has 0 radical (unpaired) electrons. The van der Waals surface area contributed by atoms with E-state index in [-0.39, 0.29) is 22.5 Å². The highest BCUT2D eigenvalue weighted by Gasteiger charge is 2.27. The number of nitrogen functional groups attached to an aromatic ring is 1. The van der Waals surface area contributed by atoms with Crippen LogP contribution in [0.5, 0.6) is 5.88 Å². The van der Waals surface area contributed by atoms with E-state index in [1.807, 2.05) is 24.8 Å². The van der Waals surface area contributed by atoms with Gasteiger partial charge >= 0.3 is 0 Å². The second-order valence-corrected chi connectivity index (χ2v) is 10.8. The Morgan fingerprint density at radius 1 is 1.11 bits per heavy atom. The maximum atomic E-state index is 13.2. The zero-order valence-electron chi connectivity index (χ0n) is 20.5. The Labute approximate surface area is 211 Å². The summed E-state index contributed by atoms with van der Waals surface area (Å²) >= 11 is 0. The summed E-state index contributed by atoms with van der Waals surface area (Å²) in [5, 5.41) is -0.330. The van der Waals surface area contributed by atoms with Crippen LogP contribution in [-0.2, 0) is 10.0 Å². The Bertz CT molecular complexity index is 1340. The number of carbonyl (C=O) groups is 1. The summed E-state index contributed by atoms with van der Waals surface area (Å²) < 4.78 is 33.3. The molecule has 1 aliphatic rings. The van der Waals surface area contributed by atoms with Crippen LogP contribution in [0.4, 0.5) is 11.6 Å². The lowest BCUT2D eigenvalue weighted by molar-refractivity contribution is 0.0981. The van der Waals surface area contributed by atoms with Crippen LogP contribution in [0.1, 0.15) is 44.0 Å². The molecule has 1 amide bonds. The zero-order valence-corrected chi connectivity index (χ0v) is 21.3. The van der Waals surface area contributed by atoms with Crippen LogP contribution in [0.2, 0.25) is 0 Å². The topological polar surface area (TPSA) is 140 Å². The van der Waals surface area contributed by atoms with Gasteiger partial charge in [0.1, 0.15) is 11.6 Å². The minimum Gasteiger partial charge on any atom is -0.475 e. The first-order chi connectivity index (χ1) is 17.1. The first kappa shape index (κ1) is 25.4. The van der Waals surface area contributed by atoms with Gasteiger partial charge in [0.05, 0.1) is 17.4 Å². The summed E-state index contributed by atoms with van der Waals surface area (Å²) in [6, 6.07) is 11.1. The number of hydrogen-bond donors (Lipinski definition) is 2. The number of amides is 1. The summed E-state index contributed by atoms with van der Waals surface area (Å²) in [7, 11) is -4.22. The van der Waals surface area contributed by atoms with Crippen LogP contribution in [0.15, 0.2) is 53.7 Å². The largest absolute Gasteiger partial charge is 0.475 e. The number of pyridine rings is 3. The molecule has 11 heteroatoms. The van der Waals surface area contributed by atoms with Crippen molar-refractivity contribution in [2.24, 2.45) is 5.92 Å². The van der Waals surface area contributed by atoms with Gasteiger partial charge in [-0.05, 0) is 62.9 Å². The number of rotatable bonds is 7. The number of piperidine rings is 1. The fourth-order valence-electron chi connectivity index (χ4n) is 3.90. The molecule has 1 aliphatic heterocycles. The number of ether oxygens (including phenoxy) is 1. The van der Waals surface area contributed by atoms with Crippen molar-refractivity contribution < 1.29 is 17.9 Å². The predicted octanol–water partition coefficient (Wildman–Crippen LogP) is 3.26. The van der Waals surface area contributed by atoms with Gasteiger partial charge in [-0.1, -0.05) is 13.0 Å². The number of carbonyl (C=O) groups excluding carboxylic acids is 1. The fourth-order valence-corrected chi connectivity index (χ4v) is 4.84. The van der Waals surface area contributed by atoms with E-state index in [0.717, 1.165) is 18.4 Å². The van der Waals surface area contributed by atoms with E-state index in [9.17, 15) is 13.2 Å². The molecular formula is C25H30N6O4S. The lowest BCUT2D eigenvalue weighted by Crippen LogP contribution is -2.37. The van der Waals surface area contributed by atoms with Crippen LogP contribution in [0.25, 0.3) is 11.3 Å². The van der Waals surface area contributed by atoms with Gasteiger partial charge in [-0.3, -0.25) is 4.79 Å². The molecule has 4 rings (SSSR count). The summed E-state index contributed by atoms with van der Waals surface area (Å²) in [6.07, 6.45) is 3.56. The predicted molar refractivity (Wildman–Crippen MR) is 137 cm³/mol. The molecule has 1 fully saturated rings. The van der Waals surface area contributed by atoms with E-state index in [0.29, 0.717) is 36.4 Å². The van der Waals surface area contributed by atoms with Crippen molar-refractivity contribution in [1.29, 1.82) is 0 Å². The SMILES string of the molecule is CC1CCN(c2nc(-c3ccc(OC(C)C)nc3)ccc2C(=O)NS(=O)(=O)c2cccc(N)n2)CC1.